The van der Waals surface area contributed by atoms with Crippen molar-refractivity contribution in [2.45, 2.75) is 18.9 Å². The molecule has 2 N–H and O–H groups in total. The van der Waals surface area contributed by atoms with Gasteiger partial charge in [-0.05, 0) is 18.9 Å². The summed E-state index contributed by atoms with van der Waals surface area (Å²) in [5, 5.41) is 12.7. The summed E-state index contributed by atoms with van der Waals surface area (Å²) < 4.78 is 0. The standard InChI is InChI=1S/C13H18N2O2/c1-14-13(17)9-15-8-4-7-12(16)10-5-2-3-6-11(10)15/h2-3,5-6,12,16H,4,7-9H2,1H3,(H,14,17). The molecule has 0 spiro atoms. The van der Waals surface area contributed by atoms with E-state index in [1.165, 1.54) is 0 Å². The molecule has 1 atom stereocenters. The quantitative estimate of drug-likeness (QED) is 0.804. The molecule has 1 aliphatic rings. The van der Waals surface area contributed by atoms with E-state index in [9.17, 15) is 9.90 Å². The van der Waals surface area contributed by atoms with Crippen molar-refractivity contribution in [1.82, 2.24) is 5.32 Å². The number of anilines is 1. The molecule has 0 radical (unpaired) electrons. The summed E-state index contributed by atoms with van der Waals surface area (Å²) in [6, 6.07) is 7.76. The van der Waals surface area contributed by atoms with Crippen molar-refractivity contribution < 1.29 is 9.90 Å². The smallest absolute Gasteiger partial charge is 0.239 e. The van der Waals surface area contributed by atoms with E-state index in [2.05, 4.69) is 5.32 Å². The number of carbonyl (C=O) groups is 1. The monoisotopic (exact) mass is 234 g/mol. The maximum atomic E-state index is 11.5. The molecule has 0 bridgehead atoms. The summed E-state index contributed by atoms with van der Waals surface area (Å²) in [4.78, 5) is 13.5. The third kappa shape index (κ3) is 2.58. The Bertz CT molecular complexity index is 406. The SMILES string of the molecule is CNC(=O)CN1CCCC(O)c2ccccc21. The van der Waals surface area contributed by atoms with Gasteiger partial charge in [-0.25, -0.2) is 0 Å². The van der Waals surface area contributed by atoms with Crippen molar-refractivity contribution in [3.63, 3.8) is 0 Å². The van der Waals surface area contributed by atoms with Crippen molar-refractivity contribution in [1.29, 1.82) is 0 Å². The first-order valence-corrected chi connectivity index (χ1v) is 5.95. The Morgan fingerprint density at radius 3 is 3.06 bits per heavy atom. The maximum Gasteiger partial charge on any atom is 0.239 e. The molecule has 0 aromatic heterocycles. The molecule has 1 amide bonds. The van der Waals surface area contributed by atoms with E-state index in [0.717, 1.165) is 30.6 Å². The van der Waals surface area contributed by atoms with E-state index in [-0.39, 0.29) is 5.91 Å². The summed E-state index contributed by atoms with van der Waals surface area (Å²) >= 11 is 0. The van der Waals surface area contributed by atoms with Gasteiger partial charge in [-0.2, -0.15) is 0 Å². The fourth-order valence-electron chi connectivity index (χ4n) is 2.23. The van der Waals surface area contributed by atoms with Gasteiger partial charge in [-0.15, -0.1) is 0 Å². The normalized spacial score (nSPS) is 19.4. The lowest BCUT2D eigenvalue weighted by molar-refractivity contribution is -0.119. The topological polar surface area (TPSA) is 52.6 Å². The predicted octanol–water partition coefficient (Wildman–Crippen LogP) is 1.07. The minimum absolute atomic E-state index is 0.00353. The molecular formula is C13H18N2O2. The van der Waals surface area contributed by atoms with Gasteiger partial charge in [0.15, 0.2) is 0 Å². The summed E-state index contributed by atoms with van der Waals surface area (Å²) in [6.45, 7) is 1.15. The van der Waals surface area contributed by atoms with E-state index in [4.69, 9.17) is 0 Å². The number of aliphatic hydroxyl groups is 1. The first-order valence-electron chi connectivity index (χ1n) is 5.95. The molecule has 4 heteroatoms. The van der Waals surface area contributed by atoms with Crippen LogP contribution >= 0.6 is 0 Å². The van der Waals surface area contributed by atoms with Crippen molar-refractivity contribution >= 4 is 11.6 Å². The van der Waals surface area contributed by atoms with Gasteiger partial charge >= 0.3 is 0 Å². The highest BCUT2D eigenvalue weighted by Gasteiger charge is 2.21. The lowest BCUT2D eigenvalue weighted by atomic mass is 10.0. The van der Waals surface area contributed by atoms with Crippen LogP contribution in [0, 0.1) is 0 Å². The Labute approximate surface area is 101 Å². The predicted molar refractivity (Wildman–Crippen MR) is 66.9 cm³/mol. The van der Waals surface area contributed by atoms with Gasteiger partial charge in [0.25, 0.3) is 0 Å². The van der Waals surface area contributed by atoms with Crippen LogP contribution in [0.5, 0.6) is 0 Å². The zero-order valence-corrected chi connectivity index (χ0v) is 10.0. The first-order chi connectivity index (χ1) is 8.22. The van der Waals surface area contributed by atoms with Crippen LogP contribution < -0.4 is 10.2 Å². The van der Waals surface area contributed by atoms with Gasteiger partial charge < -0.3 is 15.3 Å². The highest BCUT2D eigenvalue weighted by atomic mass is 16.3. The summed E-state index contributed by atoms with van der Waals surface area (Å²) in [5.41, 5.74) is 1.90. The highest BCUT2D eigenvalue weighted by molar-refractivity contribution is 5.81. The van der Waals surface area contributed by atoms with Gasteiger partial charge in [0.1, 0.15) is 0 Å². The number of fused-ring (bicyclic) bond motifs is 1. The van der Waals surface area contributed by atoms with Crippen molar-refractivity contribution in [3.05, 3.63) is 29.8 Å². The second kappa shape index (κ2) is 5.19. The minimum atomic E-state index is -0.416. The maximum absolute atomic E-state index is 11.5. The molecule has 17 heavy (non-hydrogen) atoms. The number of rotatable bonds is 2. The first kappa shape index (κ1) is 11.9. The van der Waals surface area contributed by atoms with Crippen molar-refractivity contribution in [2.75, 3.05) is 25.0 Å². The molecule has 92 valence electrons. The zero-order chi connectivity index (χ0) is 12.3. The van der Waals surface area contributed by atoms with E-state index < -0.39 is 6.10 Å². The van der Waals surface area contributed by atoms with Gasteiger partial charge in [-0.3, -0.25) is 4.79 Å². The minimum Gasteiger partial charge on any atom is -0.388 e. The number of aliphatic hydroxyl groups excluding tert-OH is 1. The lowest BCUT2D eigenvalue weighted by Crippen LogP contribution is -2.36. The Hall–Kier alpha value is -1.55. The van der Waals surface area contributed by atoms with E-state index in [0.29, 0.717) is 6.54 Å². The molecule has 0 fully saturated rings. The second-order valence-corrected chi connectivity index (χ2v) is 4.31. The van der Waals surface area contributed by atoms with Crippen LogP contribution in [0.1, 0.15) is 24.5 Å². The van der Waals surface area contributed by atoms with Crippen LogP contribution in [0.25, 0.3) is 0 Å². The van der Waals surface area contributed by atoms with Gasteiger partial charge in [-0.1, -0.05) is 18.2 Å². The summed E-state index contributed by atoms with van der Waals surface area (Å²) in [6.07, 6.45) is 1.23. The third-order valence-electron chi connectivity index (χ3n) is 3.16. The van der Waals surface area contributed by atoms with Crippen molar-refractivity contribution in [2.24, 2.45) is 0 Å². The van der Waals surface area contributed by atoms with Gasteiger partial charge in [0, 0.05) is 24.8 Å². The fraction of sp³-hybridized carbons (Fsp3) is 0.462. The zero-order valence-electron chi connectivity index (χ0n) is 10.0. The molecule has 2 rings (SSSR count). The van der Waals surface area contributed by atoms with E-state index >= 15 is 0 Å². The summed E-state index contributed by atoms with van der Waals surface area (Å²) in [7, 11) is 1.64. The number of hydrogen-bond donors (Lipinski definition) is 2. The van der Waals surface area contributed by atoms with Crippen LogP contribution in [0.4, 0.5) is 5.69 Å². The molecule has 0 saturated heterocycles. The number of benzene rings is 1. The molecular weight excluding hydrogens is 216 g/mol. The number of hydrogen-bond acceptors (Lipinski definition) is 3. The molecule has 4 nitrogen and oxygen atoms in total. The van der Waals surface area contributed by atoms with Gasteiger partial charge in [0.05, 0.1) is 12.6 Å². The molecule has 0 saturated carbocycles. The van der Waals surface area contributed by atoms with E-state index in [1.54, 1.807) is 7.05 Å². The Balaban J connectivity index is 2.28. The number of nitrogens with one attached hydrogen (secondary N) is 1. The number of carbonyl (C=O) groups excluding carboxylic acids is 1. The van der Waals surface area contributed by atoms with Crippen LogP contribution in [0.3, 0.4) is 0 Å². The molecule has 1 unspecified atom stereocenters. The number of para-hydroxylation sites is 1. The Morgan fingerprint density at radius 2 is 2.29 bits per heavy atom. The lowest BCUT2D eigenvalue weighted by Gasteiger charge is -2.24. The number of amides is 1. The fourth-order valence-corrected chi connectivity index (χ4v) is 2.23. The number of likely N-dealkylation sites (N-methyl/N-ethyl adjacent to an activating group) is 1. The molecule has 1 aromatic carbocycles. The average Bonchev–Trinajstić information content (AvgIpc) is 2.51. The van der Waals surface area contributed by atoms with Crippen LogP contribution in [0.2, 0.25) is 0 Å². The number of nitrogens with zero attached hydrogens (tertiary/aromatic N) is 1. The van der Waals surface area contributed by atoms with Crippen LogP contribution in [-0.2, 0) is 4.79 Å². The largest absolute Gasteiger partial charge is 0.388 e. The van der Waals surface area contributed by atoms with Crippen LogP contribution in [0.15, 0.2) is 24.3 Å². The Morgan fingerprint density at radius 1 is 1.53 bits per heavy atom. The summed E-state index contributed by atoms with van der Waals surface area (Å²) in [5.74, 6) is -0.00353. The molecule has 1 heterocycles. The van der Waals surface area contributed by atoms with Crippen molar-refractivity contribution in [3.8, 4) is 0 Å². The molecule has 1 aliphatic heterocycles. The average molecular weight is 234 g/mol. The second-order valence-electron chi connectivity index (χ2n) is 4.31. The Kier molecular flexibility index (Phi) is 3.64. The highest BCUT2D eigenvalue weighted by Crippen LogP contribution is 2.32. The van der Waals surface area contributed by atoms with E-state index in [1.807, 2.05) is 29.2 Å². The molecule has 1 aromatic rings. The van der Waals surface area contributed by atoms with Crippen LogP contribution in [-0.4, -0.2) is 31.2 Å². The third-order valence-corrected chi connectivity index (χ3v) is 3.16. The molecule has 0 aliphatic carbocycles. The van der Waals surface area contributed by atoms with Gasteiger partial charge in [0.2, 0.25) is 5.91 Å².